The predicted octanol–water partition coefficient (Wildman–Crippen LogP) is 7.56. The first-order valence-corrected chi connectivity index (χ1v) is 11.1. The zero-order chi connectivity index (χ0) is 22.9. The van der Waals surface area contributed by atoms with E-state index in [1.807, 2.05) is 134 Å². The molecule has 162 valence electrons. The van der Waals surface area contributed by atoms with Gasteiger partial charge in [-0.2, -0.15) is 0 Å². The van der Waals surface area contributed by atoms with E-state index >= 15 is 0 Å². The van der Waals surface area contributed by atoms with E-state index < -0.39 is 0 Å². The molecule has 4 rings (SSSR count). The van der Waals surface area contributed by atoms with Gasteiger partial charge in [-0.15, -0.1) is 0 Å². The third kappa shape index (κ3) is 5.36. The van der Waals surface area contributed by atoms with Crippen LogP contribution in [-0.2, 0) is 4.74 Å². The molecule has 0 aliphatic heterocycles. The lowest BCUT2D eigenvalue weighted by atomic mass is 9.91. The van der Waals surface area contributed by atoms with Crippen molar-refractivity contribution >= 4 is 22.7 Å². The van der Waals surface area contributed by atoms with E-state index in [2.05, 4.69) is 0 Å². The number of benzene rings is 4. The van der Waals surface area contributed by atoms with E-state index in [1.54, 1.807) is 0 Å². The van der Waals surface area contributed by atoms with Gasteiger partial charge in [-0.3, -0.25) is 4.79 Å². The molecule has 0 amide bonds. The summed E-state index contributed by atoms with van der Waals surface area (Å²) < 4.78 is 6.19. The first-order chi connectivity index (χ1) is 16.3. The van der Waals surface area contributed by atoms with Crippen LogP contribution in [0.2, 0.25) is 0 Å². The fourth-order valence-corrected chi connectivity index (χ4v) is 3.74. The second-order valence-corrected chi connectivity index (χ2v) is 7.53. The fraction of sp³-hybridized carbons (Fsp3) is 0.0645. The van der Waals surface area contributed by atoms with Crippen LogP contribution in [0.5, 0.6) is 0 Å². The number of carbonyl (C=O) groups is 1. The summed E-state index contributed by atoms with van der Waals surface area (Å²) in [7, 11) is 0. The van der Waals surface area contributed by atoms with Crippen molar-refractivity contribution in [1.82, 2.24) is 0 Å². The summed E-state index contributed by atoms with van der Waals surface area (Å²) in [5.41, 5.74) is 4.95. The largest absolute Gasteiger partial charge is 0.493 e. The molecule has 33 heavy (non-hydrogen) atoms. The highest BCUT2D eigenvalue weighted by Gasteiger charge is 2.18. The van der Waals surface area contributed by atoms with Crippen molar-refractivity contribution < 1.29 is 9.53 Å². The fourth-order valence-electron chi connectivity index (χ4n) is 3.74. The Balaban J connectivity index is 1.99. The van der Waals surface area contributed by atoms with Crippen molar-refractivity contribution in [3.05, 3.63) is 150 Å². The average molecular weight is 431 g/mol. The lowest BCUT2D eigenvalue weighted by molar-refractivity contribution is 0.105. The van der Waals surface area contributed by atoms with Crippen LogP contribution in [-0.4, -0.2) is 12.4 Å². The Labute approximate surface area is 195 Å². The maximum absolute atomic E-state index is 13.7. The molecule has 0 aromatic heterocycles. The van der Waals surface area contributed by atoms with Crippen LogP contribution < -0.4 is 0 Å². The number of hydrogen-bond donors (Lipinski definition) is 0. The van der Waals surface area contributed by atoms with Crippen molar-refractivity contribution in [2.45, 2.75) is 6.92 Å². The summed E-state index contributed by atoms with van der Waals surface area (Å²) in [5, 5.41) is 0. The maximum atomic E-state index is 13.7. The first-order valence-electron chi connectivity index (χ1n) is 11.1. The third-order valence-corrected chi connectivity index (χ3v) is 5.31. The number of Topliss-reactive ketones (excluding diaryl/α,β-unsaturated/α-hetero) is 1. The molecule has 0 heterocycles. The highest BCUT2D eigenvalue weighted by atomic mass is 16.5. The van der Waals surface area contributed by atoms with E-state index in [1.165, 1.54) is 0 Å². The minimum absolute atomic E-state index is 0.0286. The monoisotopic (exact) mass is 430 g/mol. The second-order valence-electron chi connectivity index (χ2n) is 7.53. The molecule has 0 radical (unpaired) electrons. The molecule has 0 saturated carbocycles. The molecule has 0 saturated heterocycles. The Morgan fingerprint density at radius 1 is 0.606 bits per heavy atom. The van der Waals surface area contributed by atoms with Crippen LogP contribution in [0.25, 0.3) is 16.9 Å². The minimum Gasteiger partial charge on any atom is -0.493 e. The van der Waals surface area contributed by atoms with Gasteiger partial charge in [0.15, 0.2) is 5.78 Å². The van der Waals surface area contributed by atoms with Crippen molar-refractivity contribution in [2.75, 3.05) is 6.61 Å². The van der Waals surface area contributed by atoms with Gasteiger partial charge in [-0.05, 0) is 24.1 Å². The van der Waals surface area contributed by atoms with Gasteiger partial charge in [-0.1, -0.05) is 121 Å². The molecule has 0 bridgehead atoms. The topological polar surface area (TPSA) is 26.3 Å². The molecule has 0 N–H and O–H groups in total. The summed E-state index contributed by atoms with van der Waals surface area (Å²) >= 11 is 0. The molecule has 4 aromatic rings. The van der Waals surface area contributed by atoms with Gasteiger partial charge in [0.1, 0.15) is 5.76 Å². The molecular weight excluding hydrogens is 404 g/mol. The molecule has 4 aromatic carbocycles. The van der Waals surface area contributed by atoms with E-state index in [0.717, 1.165) is 28.0 Å². The van der Waals surface area contributed by atoms with E-state index in [-0.39, 0.29) is 5.78 Å². The van der Waals surface area contributed by atoms with Crippen molar-refractivity contribution in [1.29, 1.82) is 0 Å². The molecular formula is C31H26O2. The lowest BCUT2D eigenvalue weighted by Gasteiger charge is -2.16. The summed E-state index contributed by atoms with van der Waals surface area (Å²) in [6, 6.07) is 39.3. The van der Waals surface area contributed by atoms with Crippen LogP contribution in [0, 0.1) is 0 Å². The van der Waals surface area contributed by atoms with Gasteiger partial charge in [0.25, 0.3) is 0 Å². The van der Waals surface area contributed by atoms with Gasteiger partial charge >= 0.3 is 0 Å². The summed E-state index contributed by atoms with van der Waals surface area (Å²) in [6.45, 7) is 2.49. The third-order valence-electron chi connectivity index (χ3n) is 5.31. The van der Waals surface area contributed by atoms with Crippen LogP contribution in [0.3, 0.4) is 0 Å². The number of rotatable bonds is 8. The van der Waals surface area contributed by atoms with Crippen LogP contribution in [0.4, 0.5) is 0 Å². The number of ketones is 1. The molecule has 0 aliphatic rings. The molecule has 0 fully saturated rings. The SMILES string of the molecule is CCO/C(=C(/C=C(/C(=O)c1ccccc1)c1ccccc1)c1ccccc1)c1ccccc1. The molecule has 0 spiro atoms. The number of allylic oxidation sites excluding steroid dienone is 3. The molecule has 2 heteroatoms. The van der Waals surface area contributed by atoms with Crippen molar-refractivity contribution in [3.8, 4) is 0 Å². The summed E-state index contributed by atoms with van der Waals surface area (Å²) in [4.78, 5) is 13.7. The Morgan fingerprint density at radius 2 is 1.03 bits per heavy atom. The van der Waals surface area contributed by atoms with Crippen LogP contribution >= 0.6 is 0 Å². The number of ether oxygens (including phenoxy) is 1. The van der Waals surface area contributed by atoms with E-state index in [9.17, 15) is 4.79 Å². The van der Waals surface area contributed by atoms with Crippen molar-refractivity contribution in [2.24, 2.45) is 0 Å². The Morgan fingerprint density at radius 3 is 1.52 bits per heavy atom. The molecule has 0 unspecified atom stereocenters. The maximum Gasteiger partial charge on any atom is 0.193 e. The van der Waals surface area contributed by atoms with Crippen LogP contribution in [0.1, 0.15) is 34.0 Å². The second kappa shape index (κ2) is 10.9. The normalized spacial score (nSPS) is 12.1. The highest BCUT2D eigenvalue weighted by Crippen LogP contribution is 2.32. The Kier molecular flexibility index (Phi) is 7.29. The first kappa shape index (κ1) is 22.0. The zero-order valence-corrected chi connectivity index (χ0v) is 18.6. The number of carbonyl (C=O) groups excluding carboxylic acids is 1. The standard InChI is InChI=1S/C31H26O2/c1-2-33-31(27-21-13-6-14-22-27)29(25-17-9-4-10-18-25)23-28(24-15-7-3-8-16-24)30(32)26-19-11-5-12-20-26/h3-23H,2H2,1H3/b28-23+,31-29-. The Hall–Kier alpha value is -4.17. The van der Waals surface area contributed by atoms with Gasteiger partial charge in [0.05, 0.1) is 6.61 Å². The van der Waals surface area contributed by atoms with E-state index in [4.69, 9.17) is 4.74 Å². The lowest BCUT2D eigenvalue weighted by Crippen LogP contribution is -2.04. The zero-order valence-electron chi connectivity index (χ0n) is 18.6. The average Bonchev–Trinajstić information content (AvgIpc) is 2.90. The Bertz CT molecular complexity index is 1240. The van der Waals surface area contributed by atoms with Gasteiger partial charge in [-0.25, -0.2) is 0 Å². The van der Waals surface area contributed by atoms with Crippen LogP contribution in [0.15, 0.2) is 127 Å². The summed E-state index contributed by atoms with van der Waals surface area (Å²) in [5.74, 6) is 0.720. The predicted molar refractivity (Wildman–Crippen MR) is 137 cm³/mol. The number of hydrogen-bond acceptors (Lipinski definition) is 2. The molecule has 2 nitrogen and oxygen atoms in total. The molecule has 0 aliphatic carbocycles. The van der Waals surface area contributed by atoms with E-state index in [0.29, 0.717) is 17.7 Å². The van der Waals surface area contributed by atoms with Gasteiger partial charge < -0.3 is 4.74 Å². The van der Waals surface area contributed by atoms with Gasteiger partial charge in [0.2, 0.25) is 0 Å². The quantitative estimate of drug-likeness (QED) is 0.0948. The minimum atomic E-state index is -0.0286. The highest BCUT2D eigenvalue weighted by molar-refractivity contribution is 6.30. The van der Waals surface area contributed by atoms with Gasteiger partial charge in [0, 0.05) is 22.3 Å². The smallest absolute Gasteiger partial charge is 0.193 e. The molecule has 0 atom stereocenters. The summed E-state index contributed by atoms with van der Waals surface area (Å²) in [6.07, 6.45) is 1.97. The van der Waals surface area contributed by atoms with Crippen molar-refractivity contribution in [3.63, 3.8) is 0 Å².